The largest absolute Gasteiger partial charge is 0.399 e. The van der Waals surface area contributed by atoms with Gasteiger partial charge in [0.1, 0.15) is 0 Å². The second kappa shape index (κ2) is 8.01. The summed E-state index contributed by atoms with van der Waals surface area (Å²) in [6, 6.07) is 7.77. The number of nitrogens with one attached hydrogen (secondary N) is 1. The number of thioether (sulfide) groups is 1. The maximum Gasteiger partial charge on any atom is 0.230 e. The molecule has 0 saturated carbocycles. The fourth-order valence-corrected chi connectivity index (χ4v) is 2.15. The Labute approximate surface area is 107 Å². The third-order valence-electron chi connectivity index (χ3n) is 2.33. The first kappa shape index (κ1) is 13.9. The van der Waals surface area contributed by atoms with Crippen molar-refractivity contribution in [1.29, 1.82) is 0 Å². The highest BCUT2D eigenvalue weighted by molar-refractivity contribution is 7.99. The molecule has 3 N–H and O–H groups in total. The van der Waals surface area contributed by atoms with Gasteiger partial charge in [-0.15, -0.1) is 11.8 Å². The normalized spacial score (nSPS) is 10.2. The van der Waals surface area contributed by atoms with Gasteiger partial charge in [0.05, 0.1) is 5.75 Å². The van der Waals surface area contributed by atoms with E-state index in [1.54, 1.807) is 11.8 Å². The average molecular weight is 252 g/mol. The van der Waals surface area contributed by atoms with Gasteiger partial charge in [-0.3, -0.25) is 4.79 Å². The number of benzene rings is 1. The van der Waals surface area contributed by atoms with Crippen molar-refractivity contribution >= 4 is 23.4 Å². The minimum atomic E-state index is 0.124. The summed E-state index contributed by atoms with van der Waals surface area (Å²) < 4.78 is 0. The topological polar surface area (TPSA) is 55.1 Å². The molecule has 0 atom stereocenters. The molecule has 94 valence electrons. The van der Waals surface area contributed by atoms with E-state index >= 15 is 0 Å². The van der Waals surface area contributed by atoms with Crippen LogP contribution in [-0.2, 0) is 10.5 Å². The molecule has 1 aromatic rings. The maximum absolute atomic E-state index is 11.4. The molecule has 0 unspecified atom stereocenters. The lowest BCUT2D eigenvalue weighted by molar-refractivity contribution is -0.118. The van der Waals surface area contributed by atoms with Gasteiger partial charge in [0.2, 0.25) is 5.91 Å². The first-order chi connectivity index (χ1) is 8.22. The lowest BCUT2D eigenvalue weighted by atomic mass is 10.2. The maximum atomic E-state index is 11.4. The Morgan fingerprint density at radius 1 is 1.35 bits per heavy atom. The van der Waals surface area contributed by atoms with E-state index in [2.05, 4.69) is 12.2 Å². The average Bonchev–Trinajstić information content (AvgIpc) is 2.32. The summed E-state index contributed by atoms with van der Waals surface area (Å²) in [5.74, 6) is 1.49. The van der Waals surface area contributed by atoms with E-state index in [0.29, 0.717) is 5.75 Å². The zero-order chi connectivity index (χ0) is 12.5. The first-order valence-corrected chi connectivity index (χ1v) is 7.06. The molecule has 0 fully saturated rings. The minimum absolute atomic E-state index is 0.124. The molecule has 0 aliphatic carbocycles. The van der Waals surface area contributed by atoms with Gasteiger partial charge in [-0.25, -0.2) is 0 Å². The molecule has 1 rings (SSSR count). The third kappa shape index (κ3) is 6.22. The zero-order valence-corrected chi connectivity index (χ0v) is 11.1. The highest BCUT2D eigenvalue weighted by Gasteiger charge is 2.00. The molecule has 17 heavy (non-hydrogen) atoms. The SMILES string of the molecule is CCCCNC(=O)CSCc1ccc(N)cc1. The quantitative estimate of drug-likeness (QED) is 0.579. The van der Waals surface area contributed by atoms with E-state index in [-0.39, 0.29) is 5.91 Å². The molecule has 3 nitrogen and oxygen atoms in total. The van der Waals surface area contributed by atoms with Crippen LogP contribution in [0.3, 0.4) is 0 Å². The Bertz CT molecular complexity index is 338. The van der Waals surface area contributed by atoms with Gasteiger partial charge in [0.25, 0.3) is 0 Å². The molecule has 0 spiro atoms. The predicted octanol–water partition coefficient (Wildman–Crippen LogP) is 2.42. The molecular formula is C13H20N2OS. The van der Waals surface area contributed by atoms with E-state index in [1.165, 1.54) is 5.56 Å². The van der Waals surface area contributed by atoms with E-state index < -0.39 is 0 Å². The van der Waals surface area contributed by atoms with Crippen LogP contribution in [0.25, 0.3) is 0 Å². The van der Waals surface area contributed by atoms with Crippen LogP contribution >= 0.6 is 11.8 Å². The third-order valence-corrected chi connectivity index (χ3v) is 3.34. The molecule has 1 amide bonds. The number of unbranched alkanes of at least 4 members (excludes halogenated alkanes) is 1. The van der Waals surface area contributed by atoms with Crippen molar-refractivity contribution in [3.8, 4) is 0 Å². The summed E-state index contributed by atoms with van der Waals surface area (Å²) in [6.45, 7) is 2.90. The summed E-state index contributed by atoms with van der Waals surface area (Å²) in [6.07, 6.45) is 2.16. The molecule has 0 heterocycles. The van der Waals surface area contributed by atoms with Crippen molar-refractivity contribution in [1.82, 2.24) is 5.32 Å². The monoisotopic (exact) mass is 252 g/mol. The van der Waals surface area contributed by atoms with Gasteiger partial charge in [0.15, 0.2) is 0 Å². The summed E-state index contributed by atoms with van der Waals surface area (Å²) in [7, 11) is 0. The van der Waals surface area contributed by atoms with Gasteiger partial charge in [0, 0.05) is 18.0 Å². The van der Waals surface area contributed by atoms with Crippen LogP contribution in [0.1, 0.15) is 25.3 Å². The highest BCUT2D eigenvalue weighted by Crippen LogP contribution is 2.13. The molecular weight excluding hydrogens is 232 g/mol. The van der Waals surface area contributed by atoms with Crippen molar-refractivity contribution in [2.24, 2.45) is 0 Å². The number of carbonyl (C=O) groups excluding carboxylic acids is 1. The van der Waals surface area contributed by atoms with E-state index in [4.69, 9.17) is 5.73 Å². The Balaban J connectivity index is 2.14. The van der Waals surface area contributed by atoms with Crippen LogP contribution in [0, 0.1) is 0 Å². The van der Waals surface area contributed by atoms with Gasteiger partial charge in [-0.2, -0.15) is 0 Å². The summed E-state index contributed by atoms with van der Waals surface area (Å²) >= 11 is 1.63. The number of rotatable bonds is 7. The summed E-state index contributed by atoms with van der Waals surface area (Å²) in [5, 5.41) is 2.90. The smallest absolute Gasteiger partial charge is 0.230 e. The number of anilines is 1. The molecule has 0 saturated heterocycles. The van der Waals surface area contributed by atoms with Gasteiger partial charge in [-0.1, -0.05) is 25.5 Å². The minimum Gasteiger partial charge on any atom is -0.399 e. The van der Waals surface area contributed by atoms with Crippen molar-refractivity contribution in [2.45, 2.75) is 25.5 Å². The van der Waals surface area contributed by atoms with Crippen molar-refractivity contribution < 1.29 is 4.79 Å². The molecule has 0 aliphatic heterocycles. The Morgan fingerprint density at radius 3 is 2.71 bits per heavy atom. The number of carbonyl (C=O) groups is 1. The first-order valence-electron chi connectivity index (χ1n) is 5.91. The molecule has 0 aliphatic rings. The number of hydrogen-bond donors (Lipinski definition) is 2. The van der Waals surface area contributed by atoms with Crippen LogP contribution in [0.2, 0.25) is 0 Å². The van der Waals surface area contributed by atoms with Crippen molar-refractivity contribution in [2.75, 3.05) is 18.0 Å². The van der Waals surface area contributed by atoms with Crippen LogP contribution in [0.15, 0.2) is 24.3 Å². The summed E-state index contributed by atoms with van der Waals surface area (Å²) in [5.41, 5.74) is 7.57. The second-order valence-electron chi connectivity index (χ2n) is 3.94. The number of nitrogens with two attached hydrogens (primary N) is 1. The van der Waals surface area contributed by atoms with Gasteiger partial charge < -0.3 is 11.1 Å². The lowest BCUT2D eigenvalue weighted by Gasteiger charge is -2.04. The van der Waals surface area contributed by atoms with E-state index in [9.17, 15) is 4.79 Å². The molecule has 0 aromatic heterocycles. The van der Waals surface area contributed by atoms with E-state index in [1.807, 2.05) is 24.3 Å². The van der Waals surface area contributed by atoms with Crippen LogP contribution in [0.5, 0.6) is 0 Å². The Kier molecular flexibility index (Phi) is 6.55. The standard InChI is InChI=1S/C13H20N2OS/c1-2-3-8-15-13(16)10-17-9-11-4-6-12(14)7-5-11/h4-7H,2-3,8-10,14H2,1H3,(H,15,16). The van der Waals surface area contributed by atoms with Crippen LogP contribution in [-0.4, -0.2) is 18.2 Å². The molecule has 4 heteroatoms. The van der Waals surface area contributed by atoms with Crippen LogP contribution in [0.4, 0.5) is 5.69 Å². The zero-order valence-electron chi connectivity index (χ0n) is 10.2. The fourth-order valence-electron chi connectivity index (χ4n) is 1.33. The molecule has 1 aromatic carbocycles. The van der Waals surface area contributed by atoms with Gasteiger partial charge >= 0.3 is 0 Å². The van der Waals surface area contributed by atoms with Crippen molar-refractivity contribution in [3.05, 3.63) is 29.8 Å². The molecule has 0 radical (unpaired) electrons. The van der Waals surface area contributed by atoms with Crippen LogP contribution < -0.4 is 11.1 Å². The lowest BCUT2D eigenvalue weighted by Crippen LogP contribution is -2.26. The van der Waals surface area contributed by atoms with E-state index in [0.717, 1.165) is 30.8 Å². The summed E-state index contributed by atoms with van der Waals surface area (Å²) in [4.78, 5) is 11.4. The fraction of sp³-hybridized carbons (Fsp3) is 0.462. The number of hydrogen-bond acceptors (Lipinski definition) is 3. The Morgan fingerprint density at radius 2 is 2.06 bits per heavy atom. The number of amides is 1. The second-order valence-corrected chi connectivity index (χ2v) is 4.92. The highest BCUT2D eigenvalue weighted by atomic mass is 32.2. The molecule has 0 bridgehead atoms. The van der Waals surface area contributed by atoms with Crippen molar-refractivity contribution in [3.63, 3.8) is 0 Å². The predicted molar refractivity (Wildman–Crippen MR) is 74.9 cm³/mol. The Hall–Kier alpha value is -1.16. The number of nitrogen functional groups attached to an aromatic ring is 1. The van der Waals surface area contributed by atoms with Gasteiger partial charge in [-0.05, 0) is 24.1 Å².